The van der Waals surface area contributed by atoms with E-state index in [9.17, 15) is 9.59 Å². The first-order valence-electron chi connectivity index (χ1n) is 7.76. The van der Waals surface area contributed by atoms with Crippen molar-refractivity contribution in [2.75, 3.05) is 6.61 Å². The van der Waals surface area contributed by atoms with Crippen molar-refractivity contribution in [3.8, 4) is 5.75 Å². The number of nitrogens with one attached hydrogen (secondary N) is 1. The summed E-state index contributed by atoms with van der Waals surface area (Å²) in [6.07, 6.45) is 1.89. The Labute approximate surface area is 144 Å². The Balaban J connectivity index is 1.71. The van der Waals surface area contributed by atoms with Crippen LogP contribution in [0, 0.1) is 6.92 Å². The Hall–Kier alpha value is -3.35. The van der Waals surface area contributed by atoms with Gasteiger partial charge in [0.05, 0.1) is 17.8 Å². The van der Waals surface area contributed by atoms with Crippen molar-refractivity contribution in [3.63, 3.8) is 0 Å². The predicted molar refractivity (Wildman–Crippen MR) is 92.2 cm³/mol. The van der Waals surface area contributed by atoms with Gasteiger partial charge in [-0.2, -0.15) is 0 Å². The highest BCUT2D eigenvalue weighted by Crippen LogP contribution is 2.18. The number of ether oxygens (including phenoxy) is 1. The standard InChI is InChI=1S/C18H18N4O3/c1-12-5-4-8-17-21-13(10-22(12)17)9-20-18(24)14-6-2-3-7-15(14)25-11-16(19)23/h2-8,10H,9,11H2,1H3,(H2,19,23)(H,20,24). The van der Waals surface area contributed by atoms with Crippen molar-refractivity contribution in [2.45, 2.75) is 13.5 Å². The molecule has 0 unspecified atom stereocenters. The number of rotatable bonds is 6. The summed E-state index contributed by atoms with van der Waals surface area (Å²) in [5.41, 5.74) is 8.05. The van der Waals surface area contributed by atoms with Crippen LogP contribution in [-0.2, 0) is 11.3 Å². The van der Waals surface area contributed by atoms with Crippen LogP contribution in [0.5, 0.6) is 5.75 Å². The van der Waals surface area contributed by atoms with Crippen LogP contribution >= 0.6 is 0 Å². The fraction of sp³-hybridized carbons (Fsp3) is 0.167. The number of benzene rings is 1. The van der Waals surface area contributed by atoms with Gasteiger partial charge in [0, 0.05) is 11.9 Å². The largest absolute Gasteiger partial charge is 0.483 e. The van der Waals surface area contributed by atoms with Crippen LogP contribution in [-0.4, -0.2) is 27.8 Å². The maximum atomic E-state index is 12.4. The highest BCUT2D eigenvalue weighted by molar-refractivity contribution is 5.97. The normalized spacial score (nSPS) is 10.6. The molecule has 7 nitrogen and oxygen atoms in total. The number of carbonyl (C=O) groups excluding carboxylic acids is 2. The zero-order valence-corrected chi connectivity index (χ0v) is 13.7. The van der Waals surface area contributed by atoms with E-state index in [1.54, 1.807) is 24.3 Å². The number of para-hydroxylation sites is 1. The molecule has 1 aromatic carbocycles. The molecule has 3 N–H and O–H groups in total. The monoisotopic (exact) mass is 338 g/mol. The number of pyridine rings is 1. The van der Waals surface area contributed by atoms with Crippen molar-refractivity contribution in [1.82, 2.24) is 14.7 Å². The molecule has 0 aliphatic carbocycles. The number of aromatic nitrogens is 2. The van der Waals surface area contributed by atoms with E-state index in [1.807, 2.05) is 35.7 Å². The summed E-state index contributed by atoms with van der Waals surface area (Å²) < 4.78 is 7.24. The van der Waals surface area contributed by atoms with E-state index in [2.05, 4.69) is 10.3 Å². The molecule has 2 aromatic heterocycles. The molecule has 0 aliphatic heterocycles. The minimum atomic E-state index is -0.602. The number of nitrogens with two attached hydrogens (primary N) is 1. The topological polar surface area (TPSA) is 98.7 Å². The van der Waals surface area contributed by atoms with Gasteiger partial charge in [0.1, 0.15) is 11.4 Å². The van der Waals surface area contributed by atoms with Crippen molar-refractivity contribution in [1.29, 1.82) is 0 Å². The fourth-order valence-electron chi connectivity index (χ4n) is 2.48. The second-order valence-corrected chi connectivity index (χ2v) is 5.56. The molecular formula is C18H18N4O3. The first kappa shape index (κ1) is 16.5. The molecule has 0 radical (unpaired) electrons. The highest BCUT2D eigenvalue weighted by Gasteiger charge is 2.13. The van der Waals surface area contributed by atoms with Crippen molar-refractivity contribution in [3.05, 3.63) is 65.6 Å². The van der Waals surface area contributed by atoms with Crippen molar-refractivity contribution >= 4 is 17.5 Å². The Bertz CT molecular complexity index is 933. The Kier molecular flexibility index (Phi) is 4.65. The average molecular weight is 338 g/mol. The van der Waals surface area contributed by atoms with E-state index in [4.69, 9.17) is 10.5 Å². The van der Waals surface area contributed by atoms with Gasteiger partial charge >= 0.3 is 0 Å². The molecule has 3 rings (SSSR count). The molecule has 25 heavy (non-hydrogen) atoms. The van der Waals surface area contributed by atoms with Crippen LogP contribution < -0.4 is 15.8 Å². The van der Waals surface area contributed by atoms with Crippen LogP contribution in [0.25, 0.3) is 5.65 Å². The summed E-state index contributed by atoms with van der Waals surface area (Å²) in [6.45, 7) is 1.99. The van der Waals surface area contributed by atoms with E-state index >= 15 is 0 Å². The van der Waals surface area contributed by atoms with Crippen LogP contribution in [0.2, 0.25) is 0 Å². The molecule has 7 heteroatoms. The Morgan fingerprint density at radius 3 is 2.76 bits per heavy atom. The Morgan fingerprint density at radius 1 is 1.20 bits per heavy atom. The molecule has 0 aliphatic rings. The van der Waals surface area contributed by atoms with E-state index in [0.29, 0.717) is 11.3 Å². The summed E-state index contributed by atoms with van der Waals surface area (Å²) in [5.74, 6) is -0.603. The third kappa shape index (κ3) is 3.77. The number of hydrogen-bond donors (Lipinski definition) is 2. The molecule has 2 amide bonds. The van der Waals surface area contributed by atoms with Crippen molar-refractivity contribution < 1.29 is 14.3 Å². The molecule has 2 heterocycles. The second-order valence-electron chi connectivity index (χ2n) is 5.56. The maximum Gasteiger partial charge on any atom is 0.255 e. The van der Waals surface area contributed by atoms with Crippen molar-refractivity contribution in [2.24, 2.45) is 5.73 Å². The number of carbonyl (C=O) groups is 2. The van der Waals surface area contributed by atoms with Crippen LogP contribution in [0.3, 0.4) is 0 Å². The summed E-state index contributed by atoms with van der Waals surface area (Å²) in [6, 6.07) is 12.5. The molecule has 0 bridgehead atoms. The van der Waals surface area contributed by atoms with E-state index in [1.165, 1.54) is 0 Å². The average Bonchev–Trinajstić information content (AvgIpc) is 3.02. The minimum absolute atomic E-state index is 0.282. The number of fused-ring (bicyclic) bond motifs is 1. The van der Waals surface area contributed by atoms with E-state index in [-0.39, 0.29) is 19.1 Å². The zero-order valence-electron chi connectivity index (χ0n) is 13.7. The molecule has 0 saturated heterocycles. The summed E-state index contributed by atoms with van der Waals surface area (Å²) in [5, 5.41) is 2.81. The maximum absolute atomic E-state index is 12.4. The van der Waals surface area contributed by atoms with Gasteiger partial charge in [-0.15, -0.1) is 0 Å². The third-order valence-corrected chi connectivity index (χ3v) is 3.68. The number of imidazole rings is 1. The molecule has 0 fully saturated rings. The number of aryl methyl sites for hydroxylation is 1. The van der Waals surface area contributed by atoms with E-state index in [0.717, 1.165) is 17.0 Å². The molecule has 0 atom stereocenters. The minimum Gasteiger partial charge on any atom is -0.483 e. The first-order valence-corrected chi connectivity index (χ1v) is 7.76. The zero-order chi connectivity index (χ0) is 17.8. The number of hydrogen-bond acceptors (Lipinski definition) is 4. The molecule has 0 spiro atoms. The Morgan fingerprint density at radius 2 is 2.00 bits per heavy atom. The number of primary amides is 1. The lowest BCUT2D eigenvalue weighted by Gasteiger charge is -2.10. The third-order valence-electron chi connectivity index (χ3n) is 3.68. The fourth-order valence-corrected chi connectivity index (χ4v) is 2.48. The van der Waals surface area contributed by atoms with Gasteiger partial charge in [-0.3, -0.25) is 9.59 Å². The smallest absolute Gasteiger partial charge is 0.255 e. The summed E-state index contributed by atoms with van der Waals surface area (Å²) in [4.78, 5) is 27.8. The first-order chi connectivity index (χ1) is 12.0. The SMILES string of the molecule is Cc1cccc2nc(CNC(=O)c3ccccc3OCC(N)=O)cn12. The lowest BCUT2D eigenvalue weighted by molar-refractivity contribution is -0.119. The van der Waals surface area contributed by atoms with Crippen LogP contribution in [0.15, 0.2) is 48.7 Å². The van der Waals surface area contributed by atoms with Gasteiger partial charge in [-0.1, -0.05) is 18.2 Å². The summed E-state index contributed by atoms with van der Waals surface area (Å²) >= 11 is 0. The lowest BCUT2D eigenvalue weighted by atomic mass is 10.2. The van der Waals surface area contributed by atoms with Gasteiger partial charge in [0.25, 0.3) is 11.8 Å². The summed E-state index contributed by atoms with van der Waals surface area (Å²) in [7, 11) is 0. The lowest BCUT2D eigenvalue weighted by Crippen LogP contribution is -2.25. The van der Waals surface area contributed by atoms with Gasteiger partial charge in [-0.05, 0) is 31.2 Å². The van der Waals surface area contributed by atoms with Crippen LogP contribution in [0.1, 0.15) is 21.7 Å². The molecule has 0 saturated carbocycles. The second kappa shape index (κ2) is 7.04. The number of nitrogens with zero attached hydrogens (tertiary/aromatic N) is 2. The quantitative estimate of drug-likeness (QED) is 0.710. The van der Waals surface area contributed by atoms with Gasteiger partial charge < -0.3 is 20.2 Å². The molecule has 3 aromatic rings. The van der Waals surface area contributed by atoms with Gasteiger partial charge in [-0.25, -0.2) is 4.98 Å². The van der Waals surface area contributed by atoms with Gasteiger partial charge in [0.2, 0.25) is 0 Å². The number of amides is 2. The van der Waals surface area contributed by atoms with Crippen LogP contribution in [0.4, 0.5) is 0 Å². The molecule has 128 valence electrons. The van der Waals surface area contributed by atoms with E-state index < -0.39 is 5.91 Å². The molecular weight excluding hydrogens is 320 g/mol. The highest BCUT2D eigenvalue weighted by atomic mass is 16.5. The van der Waals surface area contributed by atoms with Gasteiger partial charge in [0.15, 0.2) is 6.61 Å². The predicted octanol–water partition coefficient (Wildman–Crippen LogP) is 1.44.